The van der Waals surface area contributed by atoms with Crippen LogP contribution in [0.2, 0.25) is 0 Å². The van der Waals surface area contributed by atoms with Crippen LogP contribution in [-0.4, -0.2) is 22.9 Å². The number of aliphatic hydroxyl groups excluding tert-OH is 1. The van der Waals surface area contributed by atoms with Gasteiger partial charge in [-0.25, -0.2) is 0 Å². The molecule has 7 heteroatoms. The van der Waals surface area contributed by atoms with Crippen molar-refractivity contribution in [3.8, 4) is 0 Å². The Morgan fingerprint density at radius 2 is 1.14 bits per heavy atom. The Kier molecular flexibility index (Phi) is 19.8. The van der Waals surface area contributed by atoms with Crippen molar-refractivity contribution in [3.05, 3.63) is 155 Å². The van der Waals surface area contributed by atoms with Crippen LogP contribution in [0.25, 0.3) is 0 Å². The quantitative estimate of drug-likeness (QED) is 0.0920. The predicted molar refractivity (Wildman–Crippen MR) is 242 cm³/mol. The zero-order valence-electron chi connectivity index (χ0n) is 31.8. The molecule has 2 unspecified atom stereocenters. The van der Waals surface area contributed by atoms with E-state index in [4.69, 9.17) is 1.37 Å². The molecule has 0 spiro atoms. The average molecular weight is 1000 g/mol. The molecule has 4 atom stereocenters. The standard InChI is InChI=1S/C21H24S.C18H20OS.C3H6.CH4S.2HI.Zn/c1-5-6-19-18-12-9-16(3)13-20(18)22-14-21(19,4)17-10-7-15(2)8-11-17;1-12-4-7-14(8-5-12)18(3)11-20-16-10-13(2)6-9-15(16)17(18)19;1-3-2;1-2;;;/h5,7-13,19H,1,6,14H2,2-4H3;4-10,17,19H,11H2,1-3H3;3H,1H2,2H3;2H,1H3;2*1H;/q;;;;;;+2/p-2/t19-,21-;;;;;;/m1....../s1/i;;2T;;;;. The van der Waals surface area contributed by atoms with Gasteiger partial charge in [0.05, 0.1) is 6.10 Å². The second kappa shape index (κ2) is 22.6. The van der Waals surface area contributed by atoms with E-state index in [2.05, 4.69) is 198 Å². The number of rotatable bonds is 4. The van der Waals surface area contributed by atoms with Crippen LogP contribution in [0.3, 0.4) is 0 Å². The molecule has 4 aromatic carbocycles. The van der Waals surface area contributed by atoms with Gasteiger partial charge in [0.25, 0.3) is 0 Å². The number of aliphatic hydroxyl groups is 1. The van der Waals surface area contributed by atoms with Crippen molar-refractivity contribution in [1.82, 2.24) is 0 Å². The van der Waals surface area contributed by atoms with E-state index in [-0.39, 0.29) is 20.9 Å². The molecule has 0 saturated carbocycles. The number of thioether (sulfide) groups is 2. The van der Waals surface area contributed by atoms with Crippen LogP contribution in [0.1, 0.15) is 85.1 Å². The Bertz CT molecular complexity index is 1670. The second-order valence-corrected chi connectivity index (χ2v) is 38.6. The molecule has 266 valence electrons. The van der Waals surface area contributed by atoms with E-state index in [1.54, 1.807) is 12.3 Å². The van der Waals surface area contributed by atoms with E-state index in [1.165, 1.54) is 48.7 Å². The van der Waals surface area contributed by atoms with Crippen molar-refractivity contribution in [3.63, 3.8) is 0 Å². The van der Waals surface area contributed by atoms with E-state index >= 15 is 0 Å². The molecular weight excluding hydrogens is 948 g/mol. The van der Waals surface area contributed by atoms with Crippen LogP contribution in [0.4, 0.5) is 0 Å². The SMILES string of the molecule is C=CC[C@@H]1c2ccc(C)cc2SC[C@]1(C)c1ccc(C)cc1.CS.Cc1ccc(C2(C)CSc3cc(C)ccc3C2O)cc1.[3H]CC=C.[I][Zn][I]. The first-order valence-electron chi connectivity index (χ1n) is 17.5. The Morgan fingerprint density at radius 3 is 1.58 bits per heavy atom. The van der Waals surface area contributed by atoms with Crippen molar-refractivity contribution in [2.24, 2.45) is 0 Å². The minimum atomic E-state index is -0.443. The normalized spacial score (nSPS) is 21.5. The number of allylic oxidation sites excluding steroid dienone is 2. The summed E-state index contributed by atoms with van der Waals surface area (Å²) in [6.45, 7) is 20.7. The number of hydrogen-bond donors (Lipinski definition) is 2. The van der Waals surface area contributed by atoms with Crippen LogP contribution in [-0.2, 0) is 20.9 Å². The monoisotopic (exact) mass is 1000 g/mol. The molecule has 0 fully saturated rings. The summed E-state index contributed by atoms with van der Waals surface area (Å²) in [4.78, 5) is 2.68. The van der Waals surface area contributed by atoms with Gasteiger partial charge in [-0.05, 0) is 93.1 Å². The fraction of sp³-hybridized carbons (Fsp3) is 0.349. The van der Waals surface area contributed by atoms with Crippen molar-refractivity contribution >= 4 is 75.7 Å². The van der Waals surface area contributed by atoms with Gasteiger partial charge >= 0.3 is 49.6 Å². The first-order valence-corrected chi connectivity index (χ1v) is 37.7. The Labute approximate surface area is 348 Å². The zero-order valence-corrected chi connectivity index (χ0v) is 40.6. The van der Waals surface area contributed by atoms with E-state index < -0.39 is 6.10 Å². The molecule has 0 radical (unpaired) electrons. The number of aryl methyl sites for hydroxylation is 4. The Hall–Kier alpha value is -0.547. The van der Waals surface area contributed by atoms with E-state index in [9.17, 15) is 5.11 Å². The maximum atomic E-state index is 10.9. The van der Waals surface area contributed by atoms with E-state index in [0.717, 1.165) is 23.5 Å². The number of thiol groups is 1. The number of benzene rings is 4. The number of fused-ring (bicyclic) bond motifs is 2. The third kappa shape index (κ3) is 12.0. The third-order valence-electron chi connectivity index (χ3n) is 9.26. The number of halogens is 2. The van der Waals surface area contributed by atoms with Crippen LogP contribution < -0.4 is 0 Å². The summed E-state index contributed by atoms with van der Waals surface area (Å²) in [5.74, 6) is 2.54. The third-order valence-corrected chi connectivity index (χ3v) is 12.1. The average Bonchev–Trinajstić information content (AvgIpc) is 3.13. The molecule has 0 saturated heterocycles. The summed E-state index contributed by atoms with van der Waals surface area (Å²) in [5, 5.41) is 10.9. The topological polar surface area (TPSA) is 20.2 Å². The van der Waals surface area contributed by atoms with Gasteiger partial charge in [0.2, 0.25) is 0 Å². The van der Waals surface area contributed by atoms with Gasteiger partial charge in [-0.3, -0.25) is 0 Å². The fourth-order valence-electron chi connectivity index (χ4n) is 6.32. The van der Waals surface area contributed by atoms with Gasteiger partial charge in [0, 0.05) is 33.5 Å². The molecule has 2 aliphatic heterocycles. The van der Waals surface area contributed by atoms with Crippen molar-refractivity contribution in [2.75, 3.05) is 17.8 Å². The molecule has 0 amide bonds. The molecule has 0 bridgehead atoms. The molecule has 50 heavy (non-hydrogen) atoms. The Morgan fingerprint density at radius 1 is 0.760 bits per heavy atom. The van der Waals surface area contributed by atoms with Crippen molar-refractivity contribution in [1.29, 1.82) is 0 Å². The van der Waals surface area contributed by atoms with Crippen molar-refractivity contribution < 1.29 is 16.6 Å². The van der Waals surface area contributed by atoms with Gasteiger partial charge in [-0.2, -0.15) is 12.6 Å². The van der Waals surface area contributed by atoms with Crippen molar-refractivity contribution in [2.45, 2.75) is 87.5 Å². The van der Waals surface area contributed by atoms with Gasteiger partial charge in [0.15, 0.2) is 0 Å². The first-order chi connectivity index (χ1) is 24.4. The summed E-state index contributed by atoms with van der Waals surface area (Å²) in [6.07, 6.45) is 5.90. The van der Waals surface area contributed by atoms with Crippen LogP contribution in [0, 0.1) is 27.7 Å². The summed E-state index contributed by atoms with van der Waals surface area (Å²) in [5.41, 5.74) is 10.3. The van der Waals surface area contributed by atoms with Crippen LogP contribution >= 0.6 is 75.7 Å². The molecule has 0 aliphatic carbocycles. The molecule has 1 nitrogen and oxygen atoms in total. The molecule has 2 aliphatic rings. The molecular formula is C43H54I2OS3Zn. The van der Waals surface area contributed by atoms with E-state index in [1.807, 2.05) is 23.5 Å². The Balaban J connectivity index is 0.000000288. The molecule has 6 rings (SSSR count). The van der Waals surface area contributed by atoms with Gasteiger partial charge in [0.1, 0.15) is 0 Å². The number of hydrogen-bond acceptors (Lipinski definition) is 4. The summed E-state index contributed by atoms with van der Waals surface area (Å²) in [6, 6.07) is 30.9. The second-order valence-electron chi connectivity index (χ2n) is 13.1. The first kappa shape index (κ1) is 43.9. The fourth-order valence-corrected chi connectivity index (χ4v) is 9.18. The molecule has 1 N–H and O–H groups in total. The molecule has 4 aromatic rings. The minimum absolute atomic E-state index is 0.0650. The molecule has 2 heterocycles. The van der Waals surface area contributed by atoms with Gasteiger partial charge in [-0.15, -0.1) is 36.7 Å². The van der Waals surface area contributed by atoms with Gasteiger partial charge < -0.3 is 5.11 Å². The summed E-state index contributed by atoms with van der Waals surface area (Å²) in [7, 11) is 0.0650. The van der Waals surface area contributed by atoms with Gasteiger partial charge in [-0.1, -0.05) is 115 Å². The summed E-state index contributed by atoms with van der Waals surface area (Å²) >= 11 is 12.3. The van der Waals surface area contributed by atoms with Crippen LogP contribution in [0.15, 0.2) is 120 Å². The van der Waals surface area contributed by atoms with E-state index in [0.29, 0.717) is 12.8 Å². The molecule has 0 aromatic heterocycles. The van der Waals surface area contributed by atoms with Crippen LogP contribution in [0.5, 0.6) is 0 Å². The summed E-state index contributed by atoms with van der Waals surface area (Å²) < 4.78 is 6.33. The predicted octanol–water partition coefficient (Wildman–Crippen LogP) is 13.9. The zero-order chi connectivity index (χ0) is 38.2. The maximum absolute atomic E-state index is 10.9.